The predicted molar refractivity (Wildman–Crippen MR) is 123 cm³/mol. The summed E-state index contributed by atoms with van der Waals surface area (Å²) in [5.74, 6) is -3.41. The molecular formula is C26H26FN3O5. The Morgan fingerprint density at radius 2 is 1.89 bits per heavy atom. The quantitative estimate of drug-likeness (QED) is 0.353. The van der Waals surface area contributed by atoms with Crippen molar-refractivity contribution in [1.82, 2.24) is 0 Å². The van der Waals surface area contributed by atoms with E-state index in [4.69, 9.17) is 9.47 Å². The van der Waals surface area contributed by atoms with Crippen LogP contribution in [0.5, 0.6) is 0 Å². The molecule has 1 saturated carbocycles. The van der Waals surface area contributed by atoms with Gasteiger partial charge in [0.25, 0.3) is 5.91 Å². The van der Waals surface area contributed by atoms with Crippen molar-refractivity contribution in [2.24, 2.45) is 5.92 Å². The number of halogens is 1. The minimum absolute atomic E-state index is 0.0309. The van der Waals surface area contributed by atoms with Crippen LogP contribution in [0.4, 0.5) is 14.9 Å². The van der Waals surface area contributed by atoms with Gasteiger partial charge in [-0.1, -0.05) is 13.0 Å². The van der Waals surface area contributed by atoms with Gasteiger partial charge in [-0.2, -0.15) is 10.5 Å². The van der Waals surface area contributed by atoms with Crippen LogP contribution in [0.25, 0.3) is 0 Å². The second kappa shape index (κ2) is 9.34. The number of imide groups is 1. The van der Waals surface area contributed by atoms with Crippen LogP contribution in [-0.4, -0.2) is 30.7 Å². The zero-order valence-electron chi connectivity index (χ0n) is 20.1. The molecule has 0 radical (unpaired) electrons. The van der Waals surface area contributed by atoms with E-state index in [1.54, 1.807) is 20.8 Å². The molecule has 0 N–H and O–H groups in total. The van der Waals surface area contributed by atoms with Gasteiger partial charge in [-0.3, -0.25) is 4.79 Å². The molecule has 1 aromatic rings. The number of rotatable bonds is 3. The number of esters is 1. The average Bonchev–Trinajstić information content (AvgIpc) is 3.06. The molecule has 2 aliphatic rings. The van der Waals surface area contributed by atoms with Gasteiger partial charge in [0.1, 0.15) is 34.5 Å². The lowest BCUT2D eigenvalue weighted by molar-refractivity contribution is -0.139. The summed E-state index contributed by atoms with van der Waals surface area (Å²) >= 11 is 0. The number of carbonyl (C=O) groups excluding carboxylic acids is 3. The van der Waals surface area contributed by atoms with E-state index < -0.39 is 40.7 Å². The second-order valence-electron chi connectivity index (χ2n) is 9.48. The van der Waals surface area contributed by atoms with Crippen molar-refractivity contribution in [3.05, 3.63) is 52.9 Å². The summed E-state index contributed by atoms with van der Waals surface area (Å²) in [6.07, 6.45) is 0.874. The molecule has 1 fully saturated rings. The molecule has 0 spiro atoms. The molecule has 0 aromatic heterocycles. The van der Waals surface area contributed by atoms with Crippen LogP contribution >= 0.6 is 0 Å². The summed E-state index contributed by atoms with van der Waals surface area (Å²) in [7, 11) is 1.12. The highest BCUT2D eigenvalue weighted by molar-refractivity contribution is 6.25. The number of anilines is 1. The number of ether oxygens (including phenoxy) is 2. The number of nitrogens with zero attached hydrogens (tertiary/aromatic N) is 3. The molecule has 2 amide bonds. The first-order valence-electron chi connectivity index (χ1n) is 11.1. The standard InChI is InChI=1S/C26H26FN3O5/c1-15(22(31)34-5)26(19-9-7-6-8-18(19)16(13-28)14-29)20-12-17(27)10-11-21(20)30(23(26)32)24(33)35-25(2,3)4/h10-12,19H,1,6-9H2,2-5H3/t19-,26-/m1/s1. The van der Waals surface area contributed by atoms with Crippen LogP contribution in [0.1, 0.15) is 52.0 Å². The Balaban J connectivity index is 2.41. The van der Waals surface area contributed by atoms with Crippen LogP contribution in [0.2, 0.25) is 0 Å². The number of hydrogen-bond acceptors (Lipinski definition) is 7. The highest BCUT2D eigenvalue weighted by Gasteiger charge is 2.62. The molecule has 0 bridgehead atoms. The zero-order chi connectivity index (χ0) is 26.1. The van der Waals surface area contributed by atoms with Gasteiger partial charge in [0, 0.05) is 11.5 Å². The summed E-state index contributed by atoms with van der Waals surface area (Å²) in [4.78, 5) is 41.1. The fourth-order valence-corrected chi connectivity index (χ4v) is 4.99. The third-order valence-corrected chi connectivity index (χ3v) is 6.33. The monoisotopic (exact) mass is 479 g/mol. The molecule has 0 unspecified atom stereocenters. The van der Waals surface area contributed by atoms with Gasteiger partial charge in [0.2, 0.25) is 0 Å². The summed E-state index contributed by atoms with van der Waals surface area (Å²) in [6, 6.07) is 7.18. The Morgan fingerprint density at radius 1 is 1.23 bits per heavy atom. The number of benzene rings is 1. The lowest BCUT2D eigenvalue weighted by Crippen LogP contribution is -2.52. The molecule has 9 heteroatoms. The molecule has 0 saturated heterocycles. The SMILES string of the molecule is C=C(C(=O)OC)[C@]1([C@@H]2CCCCC2=C(C#N)C#N)C(=O)N(C(=O)OC(C)(C)C)c2ccc(F)cc21. The van der Waals surface area contributed by atoms with Crippen molar-refractivity contribution >= 4 is 23.7 Å². The largest absolute Gasteiger partial charge is 0.466 e. The predicted octanol–water partition coefficient (Wildman–Crippen LogP) is 4.61. The molecular weight excluding hydrogens is 453 g/mol. The first-order valence-corrected chi connectivity index (χ1v) is 11.1. The van der Waals surface area contributed by atoms with Crippen molar-refractivity contribution in [2.45, 2.75) is 57.5 Å². The van der Waals surface area contributed by atoms with Crippen molar-refractivity contribution in [1.29, 1.82) is 10.5 Å². The van der Waals surface area contributed by atoms with Crippen LogP contribution in [0.3, 0.4) is 0 Å². The van der Waals surface area contributed by atoms with E-state index in [1.807, 2.05) is 12.1 Å². The van der Waals surface area contributed by atoms with Crippen molar-refractivity contribution in [3.8, 4) is 12.1 Å². The Morgan fingerprint density at radius 3 is 2.46 bits per heavy atom. The number of hydrogen-bond donors (Lipinski definition) is 0. The first kappa shape index (κ1) is 25.6. The van der Waals surface area contributed by atoms with E-state index >= 15 is 0 Å². The fraction of sp³-hybridized carbons (Fsp3) is 0.423. The molecule has 1 aliphatic heterocycles. The third-order valence-electron chi connectivity index (χ3n) is 6.33. The van der Waals surface area contributed by atoms with Gasteiger partial charge in [0.05, 0.1) is 18.4 Å². The van der Waals surface area contributed by atoms with E-state index in [0.717, 1.165) is 24.1 Å². The van der Waals surface area contributed by atoms with Gasteiger partial charge in [-0.15, -0.1) is 0 Å². The number of fused-ring (bicyclic) bond motifs is 1. The van der Waals surface area contributed by atoms with E-state index in [1.165, 1.54) is 6.07 Å². The molecule has 1 heterocycles. The van der Waals surface area contributed by atoms with Crippen molar-refractivity contribution in [3.63, 3.8) is 0 Å². The lowest BCUT2D eigenvalue weighted by atomic mass is 9.59. The number of nitriles is 2. The van der Waals surface area contributed by atoms with Crippen LogP contribution < -0.4 is 4.90 Å². The molecule has 35 heavy (non-hydrogen) atoms. The van der Waals surface area contributed by atoms with Crippen LogP contribution in [0, 0.1) is 34.4 Å². The van der Waals surface area contributed by atoms with Crippen molar-refractivity contribution < 1.29 is 28.2 Å². The molecule has 182 valence electrons. The van der Waals surface area contributed by atoms with E-state index in [-0.39, 0.29) is 22.4 Å². The highest BCUT2D eigenvalue weighted by Crippen LogP contribution is 2.56. The third kappa shape index (κ3) is 4.19. The second-order valence-corrected chi connectivity index (χ2v) is 9.48. The highest BCUT2D eigenvalue weighted by atomic mass is 19.1. The van der Waals surface area contributed by atoms with E-state index in [0.29, 0.717) is 31.3 Å². The van der Waals surface area contributed by atoms with Crippen LogP contribution in [-0.2, 0) is 24.5 Å². The Kier molecular flexibility index (Phi) is 6.84. The van der Waals surface area contributed by atoms with Gasteiger partial charge in [0.15, 0.2) is 0 Å². The maximum absolute atomic E-state index is 14.6. The van der Waals surface area contributed by atoms with E-state index in [9.17, 15) is 29.3 Å². The number of allylic oxidation sites excluding steroid dienone is 2. The molecule has 8 nitrogen and oxygen atoms in total. The zero-order valence-corrected chi connectivity index (χ0v) is 20.1. The summed E-state index contributed by atoms with van der Waals surface area (Å²) in [5, 5.41) is 19.2. The summed E-state index contributed by atoms with van der Waals surface area (Å²) in [5.41, 5.74) is -3.00. The number of amides is 2. The fourth-order valence-electron chi connectivity index (χ4n) is 4.99. The molecule has 1 aliphatic carbocycles. The van der Waals surface area contributed by atoms with Gasteiger partial charge >= 0.3 is 12.1 Å². The smallest absolute Gasteiger partial charge is 0.421 e. The Labute approximate surface area is 203 Å². The number of methoxy groups -OCH3 is 1. The summed E-state index contributed by atoms with van der Waals surface area (Å²) in [6.45, 7) is 8.75. The van der Waals surface area contributed by atoms with Gasteiger partial charge < -0.3 is 9.47 Å². The Bertz CT molecular complexity index is 1210. The minimum Gasteiger partial charge on any atom is -0.466 e. The maximum Gasteiger partial charge on any atom is 0.421 e. The van der Waals surface area contributed by atoms with Crippen LogP contribution in [0.15, 0.2) is 41.5 Å². The normalized spacial score (nSPS) is 21.5. The van der Waals surface area contributed by atoms with E-state index in [2.05, 4.69) is 6.58 Å². The molecule has 2 atom stereocenters. The van der Waals surface area contributed by atoms with Crippen molar-refractivity contribution in [2.75, 3.05) is 12.0 Å². The topological polar surface area (TPSA) is 120 Å². The Hall–Kier alpha value is -3.98. The van der Waals surface area contributed by atoms with Gasteiger partial charge in [-0.05, 0) is 63.8 Å². The van der Waals surface area contributed by atoms with Gasteiger partial charge in [-0.25, -0.2) is 18.9 Å². The number of carbonyl (C=O) groups is 3. The maximum atomic E-state index is 14.6. The summed E-state index contributed by atoms with van der Waals surface area (Å²) < 4.78 is 25.0. The first-order chi connectivity index (χ1) is 16.4. The minimum atomic E-state index is -1.98. The molecule has 3 rings (SSSR count). The average molecular weight is 480 g/mol. The molecule has 1 aromatic carbocycles. The lowest BCUT2D eigenvalue weighted by Gasteiger charge is -2.40.